The lowest BCUT2D eigenvalue weighted by Crippen LogP contribution is -2.47. The quantitative estimate of drug-likeness (QED) is 0.479. The molecular weight excluding hydrogens is 432 g/mol. The third-order valence-corrected chi connectivity index (χ3v) is 5.83. The van der Waals surface area contributed by atoms with Crippen molar-refractivity contribution in [2.24, 2.45) is 0 Å². The lowest BCUT2D eigenvalue weighted by molar-refractivity contribution is -0.139. The number of fused-ring (bicyclic) bond motifs is 3. The zero-order chi connectivity index (χ0) is 22.5. The first-order valence-electron chi connectivity index (χ1n) is 9.90. The lowest BCUT2D eigenvalue weighted by Gasteiger charge is -2.18. The fourth-order valence-corrected chi connectivity index (χ4v) is 4.16. The molecule has 3 aromatic rings. The van der Waals surface area contributed by atoms with Gasteiger partial charge in [-0.2, -0.15) is 0 Å². The number of alkyl carbamates (subject to hydrolysis) is 1. The van der Waals surface area contributed by atoms with Crippen molar-refractivity contribution in [3.8, 4) is 11.1 Å². The molecule has 2 amide bonds. The van der Waals surface area contributed by atoms with Crippen LogP contribution in [0.5, 0.6) is 0 Å². The zero-order valence-electron chi connectivity index (χ0n) is 16.9. The minimum absolute atomic E-state index is 0.0633. The summed E-state index contributed by atoms with van der Waals surface area (Å²) in [5, 5.41) is 17.7. The topological polar surface area (TPSA) is 131 Å². The van der Waals surface area contributed by atoms with E-state index in [1.54, 1.807) is 0 Å². The third-order valence-electron chi connectivity index (χ3n) is 5.17. The van der Waals surface area contributed by atoms with Gasteiger partial charge in [-0.25, -0.2) is 4.79 Å². The number of aliphatic carboxylic acids is 1. The van der Waals surface area contributed by atoms with Gasteiger partial charge in [-0.3, -0.25) is 9.59 Å². The van der Waals surface area contributed by atoms with Crippen molar-refractivity contribution in [1.82, 2.24) is 20.2 Å². The first-order valence-corrected chi connectivity index (χ1v) is 10.7. The average molecular weight is 452 g/mol. The van der Waals surface area contributed by atoms with E-state index in [2.05, 4.69) is 20.2 Å². The third kappa shape index (κ3) is 4.75. The number of carboxylic acids is 1. The van der Waals surface area contributed by atoms with Crippen LogP contribution < -0.4 is 10.6 Å². The average Bonchev–Trinajstić information content (AvgIpc) is 3.41. The second kappa shape index (κ2) is 9.56. The van der Waals surface area contributed by atoms with E-state index in [0.29, 0.717) is 4.88 Å². The van der Waals surface area contributed by atoms with Crippen molar-refractivity contribution < 1.29 is 24.2 Å². The molecule has 9 nitrogen and oxygen atoms in total. The number of carbonyl (C=O) groups excluding carboxylic acids is 2. The second-order valence-corrected chi connectivity index (χ2v) is 8.09. The molecule has 0 bridgehead atoms. The van der Waals surface area contributed by atoms with Crippen LogP contribution in [0.2, 0.25) is 0 Å². The van der Waals surface area contributed by atoms with Crippen LogP contribution in [0.25, 0.3) is 11.1 Å². The van der Waals surface area contributed by atoms with E-state index in [-0.39, 0.29) is 19.1 Å². The number of benzene rings is 2. The Morgan fingerprint density at radius 2 is 1.72 bits per heavy atom. The van der Waals surface area contributed by atoms with E-state index in [4.69, 9.17) is 9.84 Å². The minimum Gasteiger partial charge on any atom is -0.481 e. The summed E-state index contributed by atoms with van der Waals surface area (Å²) in [5.41, 5.74) is 4.30. The van der Waals surface area contributed by atoms with E-state index in [1.165, 1.54) is 6.20 Å². The molecule has 0 saturated heterocycles. The van der Waals surface area contributed by atoms with Gasteiger partial charge >= 0.3 is 12.1 Å². The first kappa shape index (κ1) is 21.4. The molecule has 0 radical (unpaired) electrons. The molecular formula is C22H20N4O5S. The predicted octanol–water partition coefficient (Wildman–Crippen LogP) is 2.54. The Hall–Kier alpha value is -3.79. The van der Waals surface area contributed by atoms with Gasteiger partial charge in [0.15, 0.2) is 0 Å². The summed E-state index contributed by atoms with van der Waals surface area (Å²) in [5.74, 6) is -1.99. The molecule has 4 rings (SSSR count). The number of carbonyl (C=O) groups is 3. The van der Waals surface area contributed by atoms with Gasteiger partial charge in [0.05, 0.1) is 24.0 Å². The fourth-order valence-electron chi connectivity index (χ4n) is 3.73. The van der Waals surface area contributed by atoms with Crippen molar-refractivity contribution in [3.63, 3.8) is 0 Å². The largest absolute Gasteiger partial charge is 0.481 e. The van der Waals surface area contributed by atoms with Gasteiger partial charge in [0.2, 0.25) is 5.91 Å². The van der Waals surface area contributed by atoms with E-state index in [0.717, 1.165) is 33.8 Å². The van der Waals surface area contributed by atoms with Gasteiger partial charge in [-0.15, -0.1) is 5.10 Å². The minimum atomic E-state index is -1.27. The summed E-state index contributed by atoms with van der Waals surface area (Å²) in [6.45, 7) is 0.201. The molecule has 3 N–H and O–H groups in total. The molecule has 1 aliphatic carbocycles. The summed E-state index contributed by atoms with van der Waals surface area (Å²) in [6.07, 6.45) is 0.0697. The normalized spacial score (nSPS) is 13.0. The van der Waals surface area contributed by atoms with Crippen LogP contribution in [0.4, 0.5) is 4.79 Å². The Kier molecular flexibility index (Phi) is 6.41. The summed E-state index contributed by atoms with van der Waals surface area (Å²) in [6, 6.07) is 14.6. The maximum atomic E-state index is 12.4. The standard InChI is InChI=1S/C22H20N4O5S/c27-20(28)9-19(21(29)23-10-13-11-24-26-32-13)25-22(30)31-12-18-16-7-3-1-5-14(16)15-6-2-4-8-17(15)18/h1-8,11,18-19H,9-10,12H2,(H,23,29)(H,25,30)(H,27,28). The number of carboxylic acid groups (broad SMARTS) is 1. The lowest BCUT2D eigenvalue weighted by atomic mass is 9.98. The van der Waals surface area contributed by atoms with E-state index in [1.807, 2.05) is 48.5 Å². The molecule has 1 aliphatic rings. The van der Waals surface area contributed by atoms with Gasteiger partial charge < -0.3 is 20.5 Å². The van der Waals surface area contributed by atoms with Crippen LogP contribution >= 0.6 is 11.5 Å². The Morgan fingerprint density at radius 1 is 1.06 bits per heavy atom. The molecule has 1 aromatic heterocycles. The molecule has 1 atom stereocenters. The highest BCUT2D eigenvalue weighted by atomic mass is 32.1. The van der Waals surface area contributed by atoms with Gasteiger partial charge in [-0.1, -0.05) is 53.0 Å². The number of aromatic nitrogens is 2. The molecule has 32 heavy (non-hydrogen) atoms. The molecule has 0 aliphatic heterocycles. The first-order chi connectivity index (χ1) is 15.5. The van der Waals surface area contributed by atoms with Crippen molar-refractivity contribution in [2.75, 3.05) is 6.61 Å². The van der Waals surface area contributed by atoms with Gasteiger partial charge in [0.25, 0.3) is 0 Å². The van der Waals surface area contributed by atoms with Gasteiger partial charge in [0, 0.05) is 5.92 Å². The monoisotopic (exact) mass is 452 g/mol. The van der Waals surface area contributed by atoms with E-state index < -0.39 is 30.4 Å². The van der Waals surface area contributed by atoms with E-state index in [9.17, 15) is 14.4 Å². The molecule has 0 fully saturated rings. The maximum absolute atomic E-state index is 12.4. The van der Waals surface area contributed by atoms with Crippen LogP contribution in [0, 0.1) is 0 Å². The van der Waals surface area contributed by atoms with Crippen molar-refractivity contribution >= 4 is 29.5 Å². The molecule has 10 heteroatoms. The predicted molar refractivity (Wildman–Crippen MR) is 116 cm³/mol. The van der Waals surface area contributed by atoms with Crippen LogP contribution in [-0.4, -0.2) is 45.3 Å². The molecule has 1 unspecified atom stereocenters. The highest BCUT2D eigenvalue weighted by Crippen LogP contribution is 2.44. The highest BCUT2D eigenvalue weighted by molar-refractivity contribution is 7.05. The van der Waals surface area contributed by atoms with Crippen molar-refractivity contribution in [1.29, 1.82) is 0 Å². The SMILES string of the molecule is O=C(O)CC(NC(=O)OCC1c2ccccc2-c2ccccc21)C(=O)NCc1cnns1. The molecule has 1 heterocycles. The van der Waals surface area contributed by atoms with Gasteiger partial charge in [0.1, 0.15) is 12.6 Å². The second-order valence-electron chi connectivity index (χ2n) is 7.22. The summed E-state index contributed by atoms with van der Waals surface area (Å²) in [7, 11) is 0. The van der Waals surface area contributed by atoms with Crippen LogP contribution in [0.1, 0.15) is 28.3 Å². The summed E-state index contributed by atoms with van der Waals surface area (Å²) >= 11 is 1.11. The van der Waals surface area contributed by atoms with E-state index >= 15 is 0 Å². The van der Waals surface area contributed by atoms with Crippen molar-refractivity contribution in [3.05, 3.63) is 70.7 Å². The summed E-state index contributed by atoms with van der Waals surface area (Å²) < 4.78 is 9.10. The Morgan fingerprint density at radius 3 is 2.31 bits per heavy atom. The number of amides is 2. The van der Waals surface area contributed by atoms with Crippen LogP contribution in [-0.2, 0) is 20.9 Å². The zero-order valence-corrected chi connectivity index (χ0v) is 17.7. The highest BCUT2D eigenvalue weighted by Gasteiger charge is 2.30. The Balaban J connectivity index is 1.39. The summed E-state index contributed by atoms with van der Waals surface area (Å²) in [4.78, 5) is 36.7. The number of hydrogen-bond donors (Lipinski definition) is 3. The number of ether oxygens (including phenoxy) is 1. The molecule has 164 valence electrons. The van der Waals surface area contributed by atoms with Crippen LogP contribution in [0.15, 0.2) is 54.7 Å². The smallest absolute Gasteiger partial charge is 0.407 e. The Bertz CT molecular complexity index is 1090. The molecule has 2 aromatic carbocycles. The Labute approximate surface area is 187 Å². The molecule has 0 spiro atoms. The molecule has 0 saturated carbocycles. The number of nitrogens with zero attached hydrogens (tertiary/aromatic N) is 2. The number of hydrogen-bond acceptors (Lipinski definition) is 7. The number of rotatable bonds is 8. The van der Waals surface area contributed by atoms with Crippen molar-refractivity contribution in [2.45, 2.75) is 24.9 Å². The number of nitrogens with one attached hydrogen (secondary N) is 2. The van der Waals surface area contributed by atoms with Gasteiger partial charge in [-0.05, 0) is 33.8 Å². The maximum Gasteiger partial charge on any atom is 0.407 e. The van der Waals surface area contributed by atoms with Crippen LogP contribution in [0.3, 0.4) is 0 Å². The fraction of sp³-hybridized carbons (Fsp3) is 0.227.